The fraction of sp³-hybridized carbons (Fsp3) is 0.429. The Morgan fingerprint density at radius 2 is 2.37 bits per heavy atom. The molecule has 19 heavy (non-hydrogen) atoms. The maximum Gasteiger partial charge on any atom is 0.245 e. The van der Waals surface area contributed by atoms with Crippen LogP contribution in [0, 0.1) is 18.3 Å². The van der Waals surface area contributed by atoms with Gasteiger partial charge in [0.2, 0.25) is 5.91 Å². The van der Waals surface area contributed by atoms with E-state index in [4.69, 9.17) is 5.26 Å². The van der Waals surface area contributed by atoms with E-state index in [0.29, 0.717) is 6.54 Å². The van der Waals surface area contributed by atoms with Crippen molar-refractivity contribution in [2.24, 2.45) is 0 Å². The summed E-state index contributed by atoms with van der Waals surface area (Å²) >= 11 is 3.49. The first-order chi connectivity index (χ1) is 9.13. The largest absolute Gasteiger partial charge is 0.311 e. The molecule has 0 aliphatic carbocycles. The molecule has 2 rings (SSSR count). The zero-order valence-electron chi connectivity index (χ0n) is 10.8. The highest BCUT2D eigenvalue weighted by Crippen LogP contribution is 2.25. The number of nitrogens with zero attached hydrogens (tertiary/aromatic N) is 2. The van der Waals surface area contributed by atoms with E-state index in [1.54, 1.807) is 4.90 Å². The van der Waals surface area contributed by atoms with Crippen molar-refractivity contribution < 1.29 is 4.79 Å². The molecule has 1 aliphatic heterocycles. The number of carbonyl (C=O) groups excluding carboxylic acids is 1. The third-order valence-electron chi connectivity index (χ3n) is 3.28. The average Bonchev–Trinajstić information content (AvgIpc) is 2.57. The molecular weight excluding hydrogens is 306 g/mol. The number of aryl methyl sites for hydroxylation is 1. The Morgan fingerprint density at radius 3 is 3.05 bits per heavy atom. The van der Waals surface area contributed by atoms with Gasteiger partial charge < -0.3 is 10.2 Å². The molecular formula is C14H16BrN3O. The number of amides is 1. The Labute approximate surface area is 121 Å². The third kappa shape index (κ3) is 3.14. The molecule has 1 N–H and O–H groups in total. The summed E-state index contributed by atoms with van der Waals surface area (Å²) in [5.74, 6) is -0.0187. The molecule has 1 saturated heterocycles. The van der Waals surface area contributed by atoms with E-state index in [1.807, 2.05) is 25.1 Å². The van der Waals surface area contributed by atoms with Crippen LogP contribution in [0.2, 0.25) is 0 Å². The lowest BCUT2D eigenvalue weighted by atomic mass is 10.1. The van der Waals surface area contributed by atoms with Crippen LogP contribution >= 0.6 is 15.9 Å². The quantitative estimate of drug-likeness (QED) is 0.909. The topological polar surface area (TPSA) is 56.1 Å². The van der Waals surface area contributed by atoms with Crippen LogP contribution in [0.25, 0.3) is 0 Å². The molecule has 0 bridgehead atoms. The smallest absolute Gasteiger partial charge is 0.245 e. The minimum absolute atomic E-state index is 0.0187. The Hall–Kier alpha value is -1.38. The van der Waals surface area contributed by atoms with Gasteiger partial charge in [0, 0.05) is 16.7 Å². The van der Waals surface area contributed by atoms with E-state index in [0.717, 1.165) is 28.7 Å². The van der Waals surface area contributed by atoms with E-state index in [-0.39, 0.29) is 12.3 Å². The molecule has 0 radical (unpaired) electrons. The summed E-state index contributed by atoms with van der Waals surface area (Å²) in [6.07, 6.45) is 1.10. The Kier molecular flexibility index (Phi) is 4.56. The number of nitrogens with one attached hydrogen (secondary N) is 1. The first-order valence-electron chi connectivity index (χ1n) is 6.31. The Bertz CT molecular complexity index is 524. The molecule has 1 atom stereocenters. The highest BCUT2D eigenvalue weighted by molar-refractivity contribution is 9.10. The van der Waals surface area contributed by atoms with Gasteiger partial charge in [0.15, 0.2) is 0 Å². The van der Waals surface area contributed by atoms with Gasteiger partial charge in [-0.15, -0.1) is 0 Å². The van der Waals surface area contributed by atoms with Crippen molar-refractivity contribution in [2.45, 2.75) is 25.8 Å². The second kappa shape index (κ2) is 6.18. The number of halogens is 1. The van der Waals surface area contributed by atoms with Crippen LogP contribution < -0.4 is 10.2 Å². The minimum Gasteiger partial charge on any atom is -0.311 e. The first-order valence-corrected chi connectivity index (χ1v) is 7.10. The van der Waals surface area contributed by atoms with E-state index < -0.39 is 6.04 Å². The van der Waals surface area contributed by atoms with Gasteiger partial charge in [-0.05, 0) is 37.6 Å². The van der Waals surface area contributed by atoms with Crippen LogP contribution in [0.5, 0.6) is 0 Å². The number of benzene rings is 1. The van der Waals surface area contributed by atoms with Crippen LogP contribution in [0.3, 0.4) is 0 Å². The lowest BCUT2D eigenvalue weighted by Gasteiger charge is -2.24. The molecule has 100 valence electrons. The molecule has 1 aromatic rings. The number of nitriles is 1. The summed E-state index contributed by atoms with van der Waals surface area (Å²) in [7, 11) is 0. The predicted octanol–water partition coefficient (Wildman–Crippen LogP) is 2.37. The summed E-state index contributed by atoms with van der Waals surface area (Å²) < 4.78 is 0.992. The van der Waals surface area contributed by atoms with Crippen molar-refractivity contribution in [3.8, 4) is 6.07 Å². The Morgan fingerprint density at radius 1 is 1.58 bits per heavy atom. The molecule has 0 saturated carbocycles. The number of hydrogen-bond donors (Lipinski definition) is 1. The highest BCUT2D eigenvalue weighted by atomic mass is 79.9. The third-order valence-corrected chi connectivity index (χ3v) is 4.13. The van der Waals surface area contributed by atoms with Crippen molar-refractivity contribution >= 4 is 27.5 Å². The first kappa shape index (κ1) is 14.0. The van der Waals surface area contributed by atoms with Gasteiger partial charge in [-0.25, -0.2) is 0 Å². The normalized spacial score (nSPS) is 19.9. The summed E-state index contributed by atoms with van der Waals surface area (Å²) in [5, 5.41) is 11.9. The van der Waals surface area contributed by atoms with E-state index in [2.05, 4.69) is 27.3 Å². The molecule has 1 amide bonds. The van der Waals surface area contributed by atoms with Crippen LogP contribution in [0.15, 0.2) is 22.7 Å². The van der Waals surface area contributed by atoms with Gasteiger partial charge in [-0.2, -0.15) is 5.26 Å². The predicted molar refractivity (Wildman–Crippen MR) is 77.9 cm³/mol. The van der Waals surface area contributed by atoms with Crippen LogP contribution in [-0.4, -0.2) is 25.0 Å². The molecule has 5 heteroatoms. The number of anilines is 1. The van der Waals surface area contributed by atoms with Gasteiger partial charge in [0.1, 0.15) is 6.04 Å². The zero-order valence-corrected chi connectivity index (χ0v) is 12.4. The summed E-state index contributed by atoms with van der Waals surface area (Å²) in [4.78, 5) is 14.2. The van der Waals surface area contributed by atoms with E-state index in [1.165, 1.54) is 0 Å². The second-order valence-corrected chi connectivity index (χ2v) is 5.50. The zero-order chi connectivity index (χ0) is 13.8. The SMILES string of the molecule is Cc1ccc(N2CCCNC(CC#N)C2=O)cc1Br. The lowest BCUT2D eigenvalue weighted by molar-refractivity contribution is -0.120. The molecule has 0 spiro atoms. The molecule has 1 aliphatic rings. The van der Waals surface area contributed by atoms with Crippen LogP contribution in [0.1, 0.15) is 18.4 Å². The summed E-state index contributed by atoms with van der Waals surface area (Å²) in [5.41, 5.74) is 2.02. The lowest BCUT2D eigenvalue weighted by Crippen LogP contribution is -2.43. The van der Waals surface area contributed by atoms with E-state index in [9.17, 15) is 4.79 Å². The molecule has 1 unspecified atom stereocenters. The fourth-order valence-electron chi connectivity index (χ4n) is 2.16. The van der Waals surface area contributed by atoms with Crippen molar-refractivity contribution in [3.05, 3.63) is 28.2 Å². The van der Waals surface area contributed by atoms with E-state index >= 15 is 0 Å². The monoisotopic (exact) mass is 321 g/mol. The molecule has 0 aromatic heterocycles. The molecule has 1 aromatic carbocycles. The molecule has 4 nitrogen and oxygen atoms in total. The van der Waals surface area contributed by atoms with Crippen molar-refractivity contribution in [2.75, 3.05) is 18.0 Å². The molecule has 1 fully saturated rings. The van der Waals surface area contributed by atoms with Crippen molar-refractivity contribution in [1.29, 1.82) is 5.26 Å². The maximum absolute atomic E-state index is 12.4. The Balaban J connectivity index is 2.28. The summed E-state index contributed by atoms with van der Waals surface area (Å²) in [6.45, 7) is 3.46. The van der Waals surface area contributed by atoms with Crippen LogP contribution in [-0.2, 0) is 4.79 Å². The highest BCUT2D eigenvalue weighted by Gasteiger charge is 2.27. The summed E-state index contributed by atoms with van der Waals surface area (Å²) in [6, 6.07) is 7.57. The van der Waals surface area contributed by atoms with Gasteiger partial charge in [-0.3, -0.25) is 4.79 Å². The number of hydrogen-bond acceptors (Lipinski definition) is 3. The van der Waals surface area contributed by atoms with Crippen molar-refractivity contribution in [1.82, 2.24) is 5.32 Å². The maximum atomic E-state index is 12.4. The van der Waals surface area contributed by atoms with Crippen LogP contribution in [0.4, 0.5) is 5.69 Å². The van der Waals surface area contributed by atoms with Gasteiger partial charge >= 0.3 is 0 Å². The minimum atomic E-state index is -0.396. The van der Waals surface area contributed by atoms with Gasteiger partial charge in [0.05, 0.1) is 12.5 Å². The van der Waals surface area contributed by atoms with Crippen molar-refractivity contribution in [3.63, 3.8) is 0 Å². The molecule has 1 heterocycles. The van der Waals surface area contributed by atoms with Gasteiger partial charge in [0.25, 0.3) is 0 Å². The number of rotatable bonds is 2. The standard InChI is InChI=1S/C14H16BrN3O/c1-10-3-4-11(9-12(10)15)18-8-2-7-17-13(5-6-16)14(18)19/h3-4,9,13,17H,2,5,7-8H2,1H3. The average molecular weight is 322 g/mol. The van der Waals surface area contributed by atoms with Gasteiger partial charge in [-0.1, -0.05) is 22.0 Å². The number of carbonyl (C=O) groups is 1. The second-order valence-electron chi connectivity index (χ2n) is 4.65. The fourth-order valence-corrected chi connectivity index (χ4v) is 2.52.